The normalized spacial score (nSPS) is 21.4. The standard InChI is InChI=1S/C24H23ClFNO2/c1-14-6-4-7-15(10-14)27-19-12-24(2,3)13-20(28)23(19)16(11-21(27)29)22-17(25)8-5-9-18(22)26/h4-10,16H,11-13H2,1-3H3. The van der Waals surface area contributed by atoms with Gasteiger partial charge in [0.05, 0.1) is 0 Å². The zero-order valence-electron chi connectivity index (χ0n) is 16.8. The molecule has 0 bridgehead atoms. The predicted molar refractivity (Wildman–Crippen MR) is 112 cm³/mol. The second kappa shape index (κ2) is 7.10. The van der Waals surface area contributed by atoms with E-state index in [1.54, 1.807) is 11.0 Å². The Kier molecular flexibility index (Phi) is 4.86. The summed E-state index contributed by atoms with van der Waals surface area (Å²) in [6.07, 6.45) is 0.945. The smallest absolute Gasteiger partial charge is 0.232 e. The quantitative estimate of drug-likeness (QED) is 0.612. The van der Waals surface area contributed by atoms with Crippen molar-refractivity contribution < 1.29 is 14.0 Å². The van der Waals surface area contributed by atoms with Crippen LogP contribution < -0.4 is 4.90 Å². The van der Waals surface area contributed by atoms with Crippen LogP contribution >= 0.6 is 11.6 Å². The summed E-state index contributed by atoms with van der Waals surface area (Å²) in [7, 11) is 0. The van der Waals surface area contributed by atoms with E-state index in [9.17, 15) is 14.0 Å². The van der Waals surface area contributed by atoms with Crippen LogP contribution in [0.25, 0.3) is 0 Å². The number of carbonyl (C=O) groups is 2. The Labute approximate surface area is 175 Å². The summed E-state index contributed by atoms with van der Waals surface area (Å²) in [5.41, 5.74) is 2.94. The van der Waals surface area contributed by atoms with Gasteiger partial charge in [0.15, 0.2) is 5.78 Å². The Morgan fingerprint density at radius 3 is 2.52 bits per heavy atom. The van der Waals surface area contributed by atoms with E-state index in [-0.39, 0.29) is 34.1 Å². The average molecular weight is 412 g/mol. The van der Waals surface area contributed by atoms with E-state index in [4.69, 9.17) is 11.6 Å². The number of ketones is 1. The highest BCUT2D eigenvalue weighted by Gasteiger charge is 2.45. The minimum Gasteiger partial charge on any atom is -0.294 e. The fourth-order valence-corrected chi connectivity index (χ4v) is 4.87. The van der Waals surface area contributed by atoms with Gasteiger partial charge >= 0.3 is 0 Å². The molecule has 0 saturated carbocycles. The van der Waals surface area contributed by atoms with Gasteiger partial charge in [-0.1, -0.05) is 43.6 Å². The zero-order chi connectivity index (χ0) is 20.9. The van der Waals surface area contributed by atoms with Crippen LogP contribution in [0.2, 0.25) is 5.02 Å². The predicted octanol–water partition coefficient (Wildman–Crippen LogP) is 5.95. The number of halogens is 2. The zero-order valence-corrected chi connectivity index (χ0v) is 17.5. The van der Waals surface area contributed by atoms with Crippen molar-refractivity contribution in [2.45, 2.75) is 46.0 Å². The van der Waals surface area contributed by atoms with Gasteiger partial charge in [0.2, 0.25) is 5.91 Å². The molecule has 0 N–H and O–H groups in total. The monoisotopic (exact) mass is 411 g/mol. The molecule has 0 fully saturated rings. The largest absolute Gasteiger partial charge is 0.294 e. The van der Waals surface area contributed by atoms with Crippen molar-refractivity contribution in [3.8, 4) is 0 Å². The van der Waals surface area contributed by atoms with E-state index in [0.29, 0.717) is 24.1 Å². The molecule has 3 nitrogen and oxygen atoms in total. The van der Waals surface area contributed by atoms with Crippen LogP contribution in [0.4, 0.5) is 10.1 Å². The highest BCUT2D eigenvalue weighted by atomic mass is 35.5. The lowest BCUT2D eigenvalue weighted by Crippen LogP contribution is -2.44. The number of hydrogen-bond donors (Lipinski definition) is 0. The third-order valence-corrected chi connectivity index (χ3v) is 6.08. The molecule has 2 aromatic rings. The SMILES string of the molecule is Cc1cccc(N2C(=O)CC(c3c(F)cccc3Cl)C3=C2CC(C)(C)CC3=O)c1. The number of carbonyl (C=O) groups excluding carboxylic acids is 2. The van der Waals surface area contributed by atoms with Gasteiger partial charge < -0.3 is 0 Å². The number of anilines is 1. The van der Waals surface area contributed by atoms with Crippen LogP contribution in [-0.4, -0.2) is 11.7 Å². The number of amides is 1. The molecule has 4 rings (SSSR count). The first-order chi connectivity index (χ1) is 13.7. The number of nitrogens with zero attached hydrogens (tertiary/aromatic N) is 1. The van der Waals surface area contributed by atoms with E-state index in [1.165, 1.54) is 12.1 Å². The number of Topliss-reactive ketones (excluding diaryl/α,β-unsaturated/α-hetero) is 1. The third kappa shape index (κ3) is 3.51. The molecule has 2 aliphatic rings. The van der Waals surface area contributed by atoms with Crippen LogP contribution in [0.5, 0.6) is 0 Å². The van der Waals surface area contributed by atoms with E-state index in [1.807, 2.05) is 45.0 Å². The lowest BCUT2D eigenvalue weighted by atomic mass is 9.69. The topological polar surface area (TPSA) is 37.4 Å². The second-order valence-corrected chi connectivity index (χ2v) is 9.17. The lowest BCUT2D eigenvalue weighted by molar-refractivity contribution is -0.121. The summed E-state index contributed by atoms with van der Waals surface area (Å²) in [4.78, 5) is 28.2. The molecular weight excluding hydrogens is 389 g/mol. The first-order valence-corrected chi connectivity index (χ1v) is 10.2. The van der Waals surface area contributed by atoms with Crippen LogP contribution in [0.1, 0.15) is 50.2 Å². The third-order valence-electron chi connectivity index (χ3n) is 5.75. The summed E-state index contributed by atoms with van der Waals surface area (Å²) < 4.78 is 14.7. The average Bonchev–Trinajstić information content (AvgIpc) is 2.60. The molecular formula is C24H23ClFNO2. The van der Waals surface area contributed by atoms with E-state index in [2.05, 4.69) is 0 Å². The van der Waals surface area contributed by atoms with Crippen LogP contribution in [0.15, 0.2) is 53.7 Å². The molecule has 0 saturated heterocycles. The van der Waals surface area contributed by atoms with Crippen molar-refractivity contribution in [2.75, 3.05) is 4.90 Å². The summed E-state index contributed by atoms with van der Waals surface area (Å²) in [6, 6.07) is 12.1. The minimum absolute atomic E-state index is 0.0135. The van der Waals surface area contributed by atoms with Crippen molar-refractivity contribution in [3.63, 3.8) is 0 Å². The van der Waals surface area contributed by atoms with E-state index in [0.717, 1.165) is 11.3 Å². The maximum Gasteiger partial charge on any atom is 0.232 e. The van der Waals surface area contributed by atoms with Gasteiger partial charge in [0, 0.05) is 46.3 Å². The molecule has 1 aliphatic heterocycles. The molecule has 1 heterocycles. The molecule has 29 heavy (non-hydrogen) atoms. The van der Waals surface area contributed by atoms with Gasteiger partial charge in [-0.15, -0.1) is 0 Å². The van der Waals surface area contributed by atoms with E-state index >= 15 is 0 Å². The molecule has 5 heteroatoms. The summed E-state index contributed by atoms with van der Waals surface area (Å²) in [5.74, 6) is -1.32. The van der Waals surface area contributed by atoms with Gasteiger partial charge in [0.1, 0.15) is 5.82 Å². The second-order valence-electron chi connectivity index (χ2n) is 8.76. The number of hydrogen-bond acceptors (Lipinski definition) is 2. The molecule has 0 spiro atoms. The summed E-state index contributed by atoms with van der Waals surface area (Å²) in [6.45, 7) is 6.01. The summed E-state index contributed by atoms with van der Waals surface area (Å²) >= 11 is 6.32. The van der Waals surface area contributed by atoms with Crippen molar-refractivity contribution in [2.24, 2.45) is 5.41 Å². The van der Waals surface area contributed by atoms with Crippen molar-refractivity contribution >= 4 is 29.0 Å². The first-order valence-electron chi connectivity index (χ1n) is 9.78. The maximum absolute atomic E-state index is 14.7. The van der Waals surface area contributed by atoms with Gasteiger partial charge in [-0.2, -0.15) is 0 Å². The Balaban J connectivity index is 1.95. The van der Waals surface area contributed by atoms with Crippen molar-refractivity contribution in [1.29, 1.82) is 0 Å². The highest BCUT2D eigenvalue weighted by Crippen LogP contribution is 2.49. The van der Waals surface area contributed by atoms with Gasteiger partial charge in [-0.25, -0.2) is 4.39 Å². The Bertz CT molecular complexity index is 1040. The number of allylic oxidation sites excluding steroid dienone is 2. The molecule has 1 unspecified atom stereocenters. The highest BCUT2D eigenvalue weighted by molar-refractivity contribution is 6.31. The molecule has 1 amide bonds. The van der Waals surface area contributed by atoms with E-state index < -0.39 is 11.7 Å². The van der Waals surface area contributed by atoms with Gasteiger partial charge in [0.25, 0.3) is 0 Å². The Morgan fingerprint density at radius 1 is 1.10 bits per heavy atom. The Morgan fingerprint density at radius 2 is 1.83 bits per heavy atom. The molecule has 0 aromatic heterocycles. The fraction of sp³-hybridized carbons (Fsp3) is 0.333. The number of benzene rings is 2. The number of aryl methyl sites for hydroxylation is 1. The van der Waals surface area contributed by atoms with Crippen molar-refractivity contribution in [1.82, 2.24) is 0 Å². The Hall–Kier alpha value is -2.46. The minimum atomic E-state index is -0.657. The maximum atomic E-state index is 14.7. The molecule has 150 valence electrons. The van der Waals surface area contributed by atoms with Crippen LogP contribution in [-0.2, 0) is 9.59 Å². The molecule has 1 atom stereocenters. The summed E-state index contributed by atoms with van der Waals surface area (Å²) in [5, 5.41) is 0.247. The number of rotatable bonds is 2. The fourth-order valence-electron chi connectivity index (χ4n) is 4.57. The van der Waals surface area contributed by atoms with Crippen molar-refractivity contribution in [3.05, 3.63) is 75.7 Å². The van der Waals surface area contributed by atoms with Gasteiger partial charge in [-0.3, -0.25) is 14.5 Å². The molecule has 1 aliphatic carbocycles. The molecule has 0 radical (unpaired) electrons. The van der Waals surface area contributed by atoms with Gasteiger partial charge in [-0.05, 0) is 48.6 Å². The first kappa shape index (κ1) is 19.8. The van der Waals surface area contributed by atoms with Crippen LogP contribution in [0.3, 0.4) is 0 Å². The lowest BCUT2D eigenvalue weighted by Gasteiger charge is -2.43. The molecule has 2 aromatic carbocycles. The van der Waals surface area contributed by atoms with Crippen LogP contribution in [0, 0.1) is 18.2 Å².